The van der Waals surface area contributed by atoms with E-state index >= 15 is 0 Å². The zero-order valence-corrected chi connectivity index (χ0v) is 41.9. The van der Waals surface area contributed by atoms with Gasteiger partial charge in [0.05, 0.1) is 58.9 Å². The quantitative estimate of drug-likeness (QED) is 0.0598. The standard InChI is InChI=1S/C48H66O29/c1-15-26(50)31(55)35(59)44(70-15)69-14-24-30(54)43(39(63)48(75-24)72-21-10-20-25(42(66-5)41(21)65-4)27(51)19(12-67-20)17-6-8-18(64-3)9-7-17)77-47-37(61)33(57)29(53)23(74-47)13-68-45-38(62)34(58)40(16(2)71-45)76-46-36(60)32(56)28(52)22(11-49)73-46/h6-10,12,15-16,22-24,26,28-40,43-50,52-63H,11,13-14H2,1-5H3/t15-,16-,22+,23+,24+,26-,28+,29+,30+,31+,32-,33-,34-,35+,36+,37+,38+,39+,40-,43-,44-,45+,46-,47-,48+/m0/s1. The second kappa shape index (κ2) is 24.7. The molecule has 5 aliphatic rings. The van der Waals surface area contributed by atoms with Gasteiger partial charge in [-0.3, -0.25) is 4.79 Å². The third-order valence-electron chi connectivity index (χ3n) is 14.2. The van der Waals surface area contributed by atoms with Crippen LogP contribution < -0.4 is 24.4 Å². The summed E-state index contributed by atoms with van der Waals surface area (Å²) in [5.74, 6) is -0.105. The minimum Gasteiger partial charge on any atom is -0.497 e. The molecule has 8 rings (SSSR count). The fourth-order valence-corrected chi connectivity index (χ4v) is 9.60. The molecule has 0 saturated carbocycles. The third kappa shape index (κ3) is 11.8. The van der Waals surface area contributed by atoms with Gasteiger partial charge in [-0.25, -0.2) is 0 Å². The van der Waals surface area contributed by atoms with Crippen molar-refractivity contribution in [1.29, 1.82) is 0 Å². The highest BCUT2D eigenvalue weighted by Crippen LogP contribution is 2.45. The van der Waals surface area contributed by atoms with E-state index in [1.54, 1.807) is 24.3 Å². The number of rotatable bonds is 17. The minimum absolute atomic E-state index is 0.0754. The van der Waals surface area contributed by atoms with Crippen LogP contribution in [0.3, 0.4) is 0 Å². The first-order valence-electron chi connectivity index (χ1n) is 24.4. The van der Waals surface area contributed by atoms with Gasteiger partial charge in [-0.05, 0) is 31.5 Å². The Bertz CT molecular complexity index is 2460. The molecular weight excluding hydrogens is 1040 g/mol. The van der Waals surface area contributed by atoms with Crippen molar-refractivity contribution in [2.45, 2.75) is 167 Å². The van der Waals surface area contributed by atoms with Crippen molar-refractivity contribution in [1.82, 2.24) is 0 Å². The van der Waals surface area contributed by atoms with E-state index in [9.17, 15) is 76.3 Å². The van der Waals surface area contributed by atoms with E-state index in [1.165, 1.54) is 47.5 Å². The highest BCUT2D eigenvalue weighted by Gasteiger charge is 2.54. The molecule has 5 fully saturated rings. The lowest BCUT2D eigenvalue weighted by Gasteiger charge is -2.47. The minimum atomic E-state index is -2.12. The molecule has 3 aromatic rings. The Labute approximate surface area is 437 Å². The van der Waals surface area contributed by atoms with Crippen molar-refractivity contribution in [2.75, 3.05) is 41.2 Å². The largest absolute Gasteiger partial charge is 0.497 e. The van der Waals surface area contributed by atoms with Crippen molar-refractivity contribution in [3.63, 3.8) is 0 Å². The van der Waals surface area contributed by atoms with E-state index in [1.807, 2.05) is 0 Å². The number of aliphatic hydroxyl groups is 14. The van der Waals surface area contributed by atoms with Gasteiger partial charge in [0.15, 0.2) is 36.7 Å². The first-order valence-corrected chi connectivity index (χ1v) is 24.4. The van der Waals surface area contributed by atoms with Crippen molar-refractivity contribution in [2.24, 2.45) is 0 Å². The molecule has 29 nitrogen and oxygen atoms in total. The number of methoxy groups -OCH3 is 3. The van der Waals surface area contributed by atoms with Crippen LogP contribution in [0.5, 0.6) is 23.0 Å². The van der Waals surface area contributed by atoms with Gasteiger partial charge in [0.2, 0.25) is 17.5 Å². The Balaban J connectivity index is 1.02. The van der Waals surface area contributed by atoms with Crippen LogP contribution in [0.25, 0.3) is 22.1 Å². The molecule has 432 valence electrons. The summed E-state index contributed by atoms with van der Waals surface area (Å²) in [4.78, 5) is 14.1. The van der Waals surface area contributed by atoms with E-state index in [0.717, 1.165) is 0 Å². The van der Waals surface area contributed by atoms with Crippen LogP contribution in [-0.4, -0.2) is 266 Å². The smallest absolute Gasteiger partial charge is 0.229 e. The van der Waals surface area contributed by atoms with Gasteiger partial charge in [0.1, 0.15) is 133 Å². The lowest BCUT2D eigenvalue weighted by atomic mass is 9.96. The molecule has 5 saturated heterocycles. The molecule has 0 spiro atoms. The molecule has 29 heteroatoms. The zero-order valence-electron chi connectivity index (χ0n) is 41.9. The van der Waals surface area contributed by atoms with Crippen molar-refractivity contribution in [3.8, 4) is 34.1 Å². The molecule has 25 atom stereocenters. The number of ether oxygens (including phenoxy) is 13. The van der Waals surface area contributed by atoms with Crippen molar-refractivity contribution < 1.29 is 137 Å². The van der Waals surface area contributed by atoms with Crippen LogP contribution in [0.4, 0.5) is 0 Å². The fraction of sp³-hybridized carbons (Fsp3) is 0.688. The molecule has 1 aromatic heterocycles. The summed E-state index contributed by atoms with van der Waals surface area (Å²) in [6.07, 6.45) is -42.5. The summed E-state index contributed by atoms with van der Waals surface area (Å²) in [6, 6.07) is 7.82. The molecule has 0 bridgehead atoms. The van der Waals surface area contributed by atoms with E-state index in [4.69, 9.17) is 66.0 Å². The van der Waals surface area contributed by atoms with Crippen LogP contribution in [0.15, 0.2) is 45.8 Å². The number of aliphatic hydroxyl groups excluding tert-OH is 14. The Hall–Kier alpha value is -4.07. The lowest BCUT2D eigenvalue weighted by molar-refractivity contribution is -0.370. The molecule has 2 aromatic carbocycles. The molecule has 14 N–H and O–H groups in total. The van der Waals surface area contributed by atoms with Gasteiger partial charge in [0.25, 0.3) is 0 Å². The molecule has 5 aliphatic heterocycles. The predicted molar refractivity (Wildman–Crippen MR) is 250 cm³/mol. The van der Waals surface area contributed by atoms with E-state index < -0.39 is 179 Å². The van der Waals surface area contributed by atoms with Gasteiger partial charge in [-0.15, -0.1) is 0 Å². The monoisotopic (exact) mass is 1110 g/mol. The molecule has 77 heavy (non-hydrogen) atoms. The van der Waals surface area contributed by atoms with Crippen molar-refractivity contribution in [3.05, 3.63) is 46.8 Å². The summed E-state index contributed by atoms with van der Waals surface area (Å²) in [6.45, 7) is 0.508. The highest BCUT2D eigenvalue weighted by atomic mass is 16.8. The topological polar surface area (TPSA) is 433 Å². The first kappa shape index (κ1) is 59.1. The van der Waals surface area contributed by atoms with Gasteiger partial charge in [0, 0.05) is 6.07 Å². The Morgan fingerprint density at radius 3 is 1.58 bits per heavy atom. The molecule has 0 unspecified atom stereocenters. The van der Waals surface area contributed by atoms with Gasteiger partial charge in [-0.2, -0.15) is 0 Å². The van der Waals surface area contributed by atoms with Crippen molar-refractivity contribution >= 4 is 11.0 Å². The average molecular weight is 1110 g/mol. The van der Waals surface area contributed by atoms with E-state index in [-0.39, 0.29) is 33.8 Å². The SMILES string of the molecule is COc1ccc(-c2coc3cc(O[C@@H]4O[C@H](CO[C@H]5O[C@@H](C)[C@H](O)[C@@H](O)[C@H]5O)[C@@H](O)[C@H](O[C@@H]5O[C@H](CO[C@@H]6O[C@@H](C)[C@H](O[C@@H]7O[C@H](CO)[C@@H](O)[C@H](O)[C@H]7O)[C@@H](O)[C@H]6O)[C@@H](O)[C@H](O)[C@H]5O)[C@H]4O)c(OC)c(OC)c3c2=O)cc1. The van der Waals surface area contributed by atoms with Crippen LogP contribution in [-0.2, 0) is 42.6 Å². The average Bonchev–Trinajstić information content (AvgIpc) is 3.48. The zero-order chi connectivity index (χ0) is 55.9. The highest BCUT2D eigenvalue weighted by molar-refractivity contribution is 5.91. The molecule has 6 heterocycles. The maximum Gasteiger partial charge on any atom is 0.229 e. The maximum absolute atomic E-state index is 14.1. The lowest BCUT2D eigenvalue weighted by Crippen LogP contribution is -2.66. The second-order valence-electron chi connectivity index (χ2n) is 19.1. The van der Waals surface area contributed by atoms with Gasteiger partial charge in [-0.1, -0.05) is 12.1 Å². The summed E-state index contributed by atoms with van der Waals surface area (Å²) in [5.41, 5.74) is -0.00949. The Morgan fingerprint density at radius 1 is 0.494 bits per heavy atom. The van der Waals surface area contributed by atoms with Crippen LogP contribution >= 0.6 is 0 Å². The van der Waals surface area contributed by atoms with E-state index in [2.05, 4.69) is 0 Å². The Morgan fingerprint density at radius 2 is 1.00 bits per heavy atom. The Kier molecular flexibility index (Phi) is 19.0. The molecule has 0 aliphatic carbocycles. The number of fused-ring (bicyclic) bond motifs is 1. The van der Waals surface area contributed by atoms with Gasteiger partial charge < -0.3 is 137 Å². The summed E-state index contributed by atoms with van der Waals surface area (Å²) in [7, 11) is 3.96. The summed E-state index contributed by atoms with van der Waals surface area (Å²) >= 11 is 0. The first-order chi connectivity index (χ1) is 36.6. The third-order valence-corrected chi connectivity index (χ3v) is 14.2. The maximum atomic E-state index is 14.1. The van der Waals surface area contributed by atoms with Crippen LogP contribution in [0.1, 0.15) is 13.8 Å². The van der Waals surface area contributed by atoms with Gasteiger partial charge >= 0.3 is 0 Å². The predicted octanol–water partition coefficient (Wildman–Crippen LogP) is -5.98. The van der Waals surface area contributed by atoms with Crippen LogP contribution in [0, 0.1) is 0 Å². The number of benzene rings is 2. The molecule has 0 radical (unpaired) electrons. The number of hydrogen-bond donors (Lipinski definition) is 14. The molecule has 0 amide bonds. The second-order valence-corrected chi connectivity index (χ2v) is 19.1. The van der Waals surface area contributed by atoms with E-state index in [0.29, 0.717) is 11.3 Å². The summed E-state index contributed by atoms with van der Waals surface area (Å²) < 4.78 is 80.2. The van der Waals surface area contributed by atoms with Crippen LogP contribution in [0.2, 0.25) is 0 Å². The number of hydrogen-bond acceptors (Lipinski definition) is 29. The fourth-order valence-electron chi connectivity index (χ4n) is 9.60. The molecular formula is C48H66O29. The summed E-state index contributed by atoms with van der Waals surface area (Å²) in [5, 5.41) is 151. The normalized spacial score (nSPS) is 41.7.